The molecular formula is C8H8F3NO4S2. The van der Waals surface area contributed by atoms with Gasteiger partial charge in [0.2, 0.25) is 10.0 Å². The zero-order valence-electron chi connectivity index (χ0n) is 8.93. The summed E-state index contributed by atoms with van der Waals surface area (Å²) in [4.78, 5) is 9.84. The lowest BCUT2D eigenvalue weighted by molar-refractivity contribution is -0.134. The van der Waals surface area contributed by atoms with Gasteiger partial charge in [0, 0.05) is 12.4 Å². The second-order valence-corrected chi connectivity index (χ2v) is 6.28. The molecule has 5 nitrogen and oxygen atoms in total. The number of sulfonamides is 1. The Morgan fingerprint density at radius 3 is 2.44 bits per heavy atom. The van der Waals surface area contributed by atoms with E-state index in [-0.39, 0.29) is 9.18 Å². The summed E-state index contributed by atoms with van der Waals surface area (Å²) >= 11 is 0.633. The highest BCUT2D eigenvalue weighted by Gasteiger charge is 2.35. The molecule has 0 saturated carbocycles. The summed E-state index contributed by atoms with van der Waals surface area (Å²) in [6.45, 7) is -1.63. The largest absolute Gasteiger partial charge is 0.477 e. The molecule has 0 aromatic carbocycles. The zero-order chi connectivity index (χ0) is 14.1. The van der Waals surface area contributed by atoms with Crippen LogP contribution in [0.15, 0.2) is 16.3 Å². The van der Waals surface area contributed by atoms with Crippen LogP contribution in [0.3, 0.4) is 0 Å². The van der Waals surface area contributed by atoms with Crippen LogP contribution in [0.25, 0.3) is 0 Å². The molecule has 1 aromatic heterocycles. The Kier molecular flexibility index (Phi) is 4.03. The minimum absolute atomic E-state index is 0.126. The summed E-state index contributed by atoms with van der Waals surface area (Å²) in [5.74, 6) is -1.33. The summed E-state index contributed by atoms with van der Waals surface area (Å²) < 4.78 is 59.8. The van der Waals surface area contributed by atoms with Gasteiger partial charge in [0.1, 0.15) is 11.4 Å². The van der Waals surface area contributed by atoms with E-state index in [4.69, 9.17) is 5.11 Å². The molecule has 1 N–H and O–H groups in total. The van der Waals surface area contributed by atoms with Gasteiger partial charge >= 0.3 is 12.1 Å². The number of thiophene rings is 1. The van der Waals surface area contributed by atoms with Crippen molar-refractivity contribution in [3.05, 3.63) is 16.3 Å². The molecular weight excluding hydrogens is 295 g/mol. The van der Waals surface area contributed by atoms with E-state index in [1.807, 2.05) is 0 Å². The van der Waals surface area contributed by atoms with E-state index in [0.717, 1.165) is 18.5 Å². The number of carbonyl (C=O) groups is 1. The Balaban J connectivity index is 3.02. The van der Waals surface area contributed by atoms with E-state index in [1.54, 1.807) is 0 Å². The SMILES string of the molecule is CN(CC(F)(F)F)S(=O)(=O)c1csc(C(=O)O)c1. The predicted octanol–water partition coefficient (Wildman–Crippen LogP) is 1.63. The Morgan fingerprint density at radius 1 is 1.50 bits per heavy atom. The summed E-state index contributed by atoms with van der Waals surface area (Å²) in [5.41, 5.74) is 0. The van der Waals surface area contributed by atoms with Crippen molar-refractivity contribution in [2.24, 2.45) is 0 Å². The summed E-state index contributed by atoms with van der Waals surface area (Å²) in [5, 5.41) is 9.60. The minimum atomic E-state index is -4.66. The molecule has 0 bridgehead atoms. The number of hydrogen-bond donors (Lipinski definition) is 1. The molecule has 1 heterocycles. The van der Waals surface area contributed by atoms with Gasteiger partial charge in [-0.3, -0.25) is 0 Å². The molecule has 0 spiro atoms. The third kappa shape index (κ3) is 3.43. The average Bonchev–Trinajstić information content (AvgIpc) is 2.63. The average molecular weight is 303 g/mol. The van der Waals surface area contributed by atoms with E-state index in [0.29, 0.717) is 11.3 Å². The van der Waals surface area contributed by atoms with Crippen molar-refractivity contribution >= 4 is 27.3 Å². The Bertz CT molecular complexity index is 549. The van der Waals surface area contributed by atoms with E-state index in [1.165, 1.54) is 0 Å². The molecule has 0 aliphatic heterocycles. The van der Waals surface area contributed by atoms with Gasteiger partial charge in [-0.1, -0.05) is 0 Å². The highest BCUT2D eigenvalue weighted by atomic mass is 32.2. The number of rotatable bonds is 4. The molecule has 0 radical (unpaired) electrons. The van der Waals surface area contributed by atoms with E-state index >= 15 is 0 Å². The maximum absolute atomic E-state index is 12.1. The molecule has 0 fully saturated rings. The molecule has 1 aromatic rings. The standard InChI is InChI=1S/C8H8F3NO4S2/c1-12(4-8(9,10)11)18(15,16)5-2-6(7(13)14)17-3-5/h2-3H,4H2,1H3,(H,13,14). The molecule has 0 aliphatic rings. The number of halogens is 3. The number of nitrogens with zero attached hydrogens (tertiary/aromatic N) is 1. The van der Waals surface area contributed by atoms with Gasteiger partial charge in [-0.15, -0.1) is 11.3 Å². The van der Waals surface area contributed by atoms with Crippen LogP contribution in [0.4, 0.5) is 13.2 Å². The monoisotopic (exact) mass is 303 g/mol. The number of hydrogen-bond acceptors (Lipinski definition) is 4. The molecule has 10 heteroatoms. The van der Waals surface area contributed by atoms with Crippen molar-refractivity contribution in [2.45, 2.75) is 11.1 Å². The number of aromatic carboxylic acids is 1. The third-order valence-electron chi connectivity index (χ3n) is 1.90. The van der Waals surface area contributed by atoms with Crippen LogP contribution < -0.4 is 0 Å². The second kappa shape index (κ2) is 4.86. The van der Waals surface area contributed by atoms with Gasteiger partial charge in [0.25, 0.3) is 0 Å². The maximum atomic E-state index is 12.1. The van der Waals surface area contributed by atoms with Crippen LogP contribution in [-0.4, -0.2) is 43.6 Å². The summed E-state index contributed by atoms with van der Waals surface area (Å²) in [6, 6.07) is 0.829. The van der Waals surface area contributed by atoms with Crippen molar-refractivity contribution in [3.8, 4) is 0 Å². The van der Waals surface area contributed by atoms with Crippen LogP contribution in [0.1, 0.15) is 9.67 Å². The fourth-order valence-corrected chi connectivity index (χ4v) is 3.34. The first-order valence-corrected chi connectivity index (χ1v) is 6.71. The molecule has 0 unspecified atom stereocenters. The van der Waals surface area contributed by atoms with Crippen LogP contribution >= 0.6 is 11.3 Å². The first-order valence-electron chi connectivity index (χ1n) is 4.39. The van der Waals surface area contributed by atoms with Crippen molar-refractivity contribution in [1.82, 2.24) is 4.31 Å². The fraction of sp³-hybridized carbons (Fsp3) is 0.375. The number of alkyl halides is 3. The third-order valence-corrected chi connectivity index (χ3v) is 4.74. The van der Waals surface area contributed by atoms with Gasteiger partial charge in [0.05, 0.1) is 4.90 Å². The van der Waals surface area contributed by atoms with Crippen LogP contribution in [0.5, 0.6) is 0 Å². The predicted molar refractivity (Wildman–Crippen MR) is 57.1 cm³/mol. The van der Waals surface area contributed by atoms with E-state index in [9.17, 15) is 26.4 Å². The van der Waals surface area contributed by atoms with Crippen molar-refractivity contribution in [1.29, 1.82) is 0 Å². The topological polar surface area (TPSA) is 74.7 Å². The van der Waals surface area contributed by atoms with Gasteiger partial charge in [-0.25, -0.2) is 13.2 Å². The van der Waals surface area contributed by atoms with E-state index < -0.39 is 33.6 Å². The molecule has 102 valence electrons. The van der Waals surface area contributed by atoms with Crippen LogP contribution in [-0.2, 0) is 10.0 Å². The van der Waals surface area contributed by atoms with Gasteiger partial charge in [-0.05, 0) is 6.07 Å². The number of carboxylic acids is 1. The van der Waals surface area contributed by atoms with Gasteiger partial charge < -0.3 is 5.11 Å². The quantitative estimate of drug-likeness (QED) is 0.917. The molecule has 0 saturated heterocycles. The Morgan fingerprint density at radius 2 is 2.06 bits per heavy atom. The van der Waals surface area contributed by atoms with Crippen molar-refractivity contribution < 1.29 is 31.5 Å². The van der Waals surface area contributed by atoms with Crippen LogP contribution in [0.2, 0.25) is 0 Å². The van der Waals surface area contributed by atoms with Gasteiger partial charge in [-0.2, -0.15) is 17.5 Å². The Labute approximate surface area is 105 Å². The molecule has 0 amide bonds. The molecule has 0 aliphatic carbocycles. The highest BCUT2D eigenvalue weighted by Crippen LogP contribution is 2.24. The smallest absolute Gasteiger partial charge is 0.402 e. The highest BCUT2D eigenvalue weighted by molar-refractivity contribution is 7.89. The first-order chi connectivity index (χ1) is 8.04. The Hall–Kier alpha value is -1.13. The minimum Gasteiger partial charge on any atom is -0.477 e. The lowest BCUT2D eigenvalue weighted by Crippen LogP contribution is -2.35. The molecule has 1 rings (SSSR count). The second-order valence-electron chi connectivity index (χ2n) is 3.33. The van der Waals surface area contributed by atoms with Gasteiger partial charge in [0.15, 0.2) is 0 Å². The number of carboxylic acid groups (broad SMARTS) is 1. The lowest BCUT2D eigenvalue weighted by atomic mass is 10.5. The normalized spacial score (nSPS) is 12.9. The summed E-state index contributed by atoms with van der Waals surface area (Å²) in [7, 11) is -3.55. The van der Waals surface area contributed by atoms with Crippen molar-refractivity contribution in [2.75, 3.05) is 13.6 Å². The maximum Gasteiger partial charge on any atom is 0.402 e. The molecule has 0 atom stereocenters. The van der Waals surface area contributed by atoms with Crippen LogP contribution in [0, 0.1) is 0 Å². The van der Waals surface area contributed by atoms with Crippen molar-refractivity contribution in [3.63, 3.8) is 0 Å². The van der Waals surface area contributed by atoms with E-state index in [2.05, 4.69) is 0 Å². The lowest BCUT2D eigenvalue weighted by Gasteiger charge is -2.17. The fourth-order valence-electron chi connectivity index (χ4n) is 1.08. The molecule has 18 heavy (non-hydrogen) atoms. The zero-order valence-corrected chi connectivity index (χ0v) is 10.6. The summed E-state index contributed by atoms with van der Waals surface area (Å²) in [6.07, 6.45) is -4.66. The first kappa shape index (κ1) is 14.9.